The van der Waals surface area contributed by atoms with Crippen LogP contribution in [0.5, 0.6) is 0 Å². The number of hydrogen-bond acceptors (Lipinski definition) is 6. The topological polar surface area (TPSA) is 103 Å². The van der Waals surface area contributed by atoms with Crippen molar-refractivity contribution in [1.29, 1.82) is 0 Å². The van der Waals surface area contributed by atoms with Crippen LogP contribution in [0, 0.1) is 0 Å². The molecule has 19 heavy (non-hydrogen) atoms. The van der Waals surface area contributed by atoms with Crippen molar-refractivity contribution >= 4 is 5.97 Å². The van der Waals surface area contributed by atoms with E-state index in [-0.39, 0.29) is 6.61 Å². The molecule has 1 heterocycles. The standard InChI is InChI=1S/C11H19N3O5/c1-4-16-11(17-5-2)10-9(19-7(3)15)8(6-18-10)13-14-12/h8-11H,4-6H2,1-3H3/t8-,9+,10-/m0/s1. The third-order valence-corrected chi connectivity index (χ3v) is 2.59. The molecular formula is C11H19N3O5. The lowest BCUT2D eigenvalue weighted by Gasteiger charge is -2.27. The van der Waals surface area contributed by atoms with Crippen molar-refractivity contribution in [3.63, 3.8) is 0 Å². The number of esters is 1. The van der Waals surface area contributed by atoms with Crippen LogP contribution in [0.3, 0.4) is 0 Å². The van der Waals surface area contributed by atoms with E-state index in [1.54, 1.807) is 0 Å². The molecule has 8 nitrogen and oxygen atoms in total. The molecule has 108 valence electrons. The zero-order valence-electron chi connectivity index (χ0n) is 11.3. The molecule has 1 aliphatic heterocycles. The zero-order valence-corrected chi connectivity index (χ0v) is 11.3. The highest BCUT2D eigenvalue weighted by Crippen LogP contribution is 2.25. The summed E-state index contributed by atoms with van der Waals surface area (Å²) < 4.78 is 21.5. The third kappa shape index (κ3) is 4.36. The summed E-state index contributed by atoms with van der Waals surface area (Å²) >= 11 is 0. The molecule has 0 aromatic carbocycles. The summed E-state index contributed by atoms with van der Waals surface area (Å²) in [6.45, 7) is 5.98. The van der Waals surface area contributed by atoms with E-state index in [1.807, 2.05) is 13.8 Å². The van der Waals surface area contributed by atoms with Crippen molar-refractivity contribution in [3.8, 4) is 0 Å². The molecule has 0 aliphatic carbocycles. The molecule has 1 aliphatic rings. The van der Waals surface area contributed by atoms with Crippen LogP contribution < -0.4 is 0 Å². The molecule has 0 aromatic heterocycles. The van der Waals surface area contributed by atoms with Gasteiger partial charge in [-0.15, -0.1) is 0 Å². The molecule has 0 radical (unpaired) electrons. The molecule has 0 amide bonds. The summed E-state index contributed by atoms with van der Waals surface area (Å²) in [4.78, 5) is 13.9. The molecule has 0 N–H and O–H groups in total. The number of carbonyl (C=O) groups excluding carboxylic acids is 1. The predicted molar refractivity (Wildman–Crippen MR) is 65.3 cm³/mol. The van der Waals surface area contributed by atoms with Crippen molar-refractivity contribution in [2.45, 2.75) is 45.3 Å². The Bertz CT molecular complexity index is 339. The summed E-state index contributed by atoms with van der Waals surface area (Å²) in [5.74, 6) is -0.467. The number of hydrogen-bond donors (Lipinski definition) is 0. The fraction of sp³-hybridized carbons (Fsp3) is 0.909. The largest absolute Gasteiger partial charge is 0.459 e. The maximum absolute atomic E-state index is 11.1. The monoisotopic (exact) mass is 273 g/mol. The molecule has 0 aromatic rings. The molecule has 1 fully saturated rings. The van der Waals surface area contributed by atoms with Crippen molar-refractivity contribution in [2.75, 3.05) is 19.8 Å². The lowest BCUT2D eigenvalue weighted by Crippen LogP contribution is -2.43. The molecular weight excluding hydrogens is 254 g/mol. The minimum atomic E-state index is -0.698. The van der Waals surface area contributed by atoms with Gasteiger partial charge in [0.1, 0.15) is 18.2 Å². The van der Waals surface area contributed by atoms with Gasteiger partial charge in [-0.3, -0.25) is 4.79 Å². The number of rotatable bonds is 7. The lowest BCUT2D eigenvalue weighted by molar-refractivity contribution is -0.211. The van der Waals surface area contributed by atoms with E-state index >= 15 is 0 Å². The Morgan fingerprint density at radius 1 is 1.47 bits per heavy atom. The first-order valence-electron chi connectivity index (χ1n) is 6.20. The summed E-state index contributed by atoms with van der Waals surface area (Å²) in [5.41, 5.74) is 8.51. The second-order valence-electron chi connectivity index (χ2n) is 3.92. The number of nitrogens with zero attached hydrogens (tertiary/aromatic N) is 3. The normalized spacial score (nSPS) is 26.2. The lowest BCUT2D eigenvalue weighted by atomic mass is 10.1. The van der Waals surface area contributed by atoms with Gasteiger partial charge >= 0.3 is 5.97 Å². The van der Waals surface area contributed by atoms with Gasteiger partial charge in [-0.05, 0) is 19.4 Å². The quantitative estimate of drug-likeness (QED) is 0.229. The average Bonchev–Trinajstić information content (AvgIpc) is 2.72. The van der Waals surface area contributed by atoms with E-state index < -0.39 is 30.5 Å². The smallest absolute Gasteiger partial charge is 0.303 e. The molecule has 1 rings (SSSR count). The van der Waals surface area contributed by atoms with Crippen LogP contribution in [0.15, 0.2) is 5.11 Å². The van der Waals surface area contributed by atoms with Crippen LogP contribution in [-0.2, 0) is 23.7 Å². The molecule has 8 heteroatoms. The minimum absolute atomic E-state index is 0.170. The Hall–Kier alpha value is -1.34. The first kappa shape index (κ1) is 15.7. The van der Waals surface area contributed by atoms with Crippen LogP contribution in [0.2, 0.25) is 0 Å². The van der Waals surface area contributed by atoms with Crippen molar-refractivity contribution in [3.05, 3.63) is 10.4 Å². The van der Waals surface area contributed by atoms with Gasteiger partial charge in [-0.1, -0.05) is 5.11 Å². The fourth-order valence-electron chi connectivity index (χ4n) is 1.92. The number of carbonyl (C=O) groups is 1. The summed E-state index contributed by atoms with van der Waals surface area (Å²) in [6, 6.07) is -0.567. The van der Waals surface area contributed by atoms with Gasteiger partial charge in [-0.25, -0.2) is 0 Å². The average molecular weight is 273 g/mol. The first-order valence-corrected chi connectivity index (χ1v) is 6.20. The van der Waals surface area contributed by atoms with Crippen molar-refractivity contribution in [2.24, 2.45) is 5.11 Å². The maximum Gasteiger partial charge on any atom is 0.303 e. The highest BCUT2D eigenvalue weighted by atomic mass is 16.7. The van der Waals surface area contributed by atoms with E-state index in [2.05, 4.69) is 10.0 Å². The Morgan fingerprint density at radius 2 is 2.11 bits per heavy atom. The molecule has 1 saturated heterocycles. The summed E-state index contributed by atoms with van der Waals surface area (Å²) in [7, 11) is 0. The van der Waals surface area contributed by atoms with E-state index in [4.69, 9.17) is 24.5 Å². The fourth-order valence-corrected chi connectivity index (χ4v) is 1.92. The van der Waals surface area contributed by atoms with Gasteiger partial charge in [-0.2, -0.15) is 0 Å². The van der Waals surface area contributed by atoms with Crippen LogP contribution in [0.1, 0.15) is 20.8 Å². The van der Waals surface area contributed by atoms with Crippen molar-refractivity contribution in [1.82, 2.24) is 0 Å². The van der Waals surface area contributed by atoms with Gasteiger partial charge in [0.2, 0.25) is 0 Å². The van der Waals surface area contributed by atoms with Gasteiger partial charge in [0.15, 0.2) is 6.29 Å². The third-order valence-electron chi connectivity index (χ3n) is 2.59. The Labute approximate surface area is 111 Å². The number of azide groups is 1. The highest BCUT2D eigenvalue weighted by molar-refractivity contribution is 5.66. The van der Waals surface area contributed by atoms with Crippen molar-refractivity contribution < 1.29 is 23.7 Å². The second kappa shape index (κ2) is 7.96. The predicted octanol–water partition coefficient (Wildman–Crippen LogP) is 1.39. The maximum atomic E-state index is 11.1. The zero-order chi connectivity index (χ0) is 14.3. The Morgan fingerprint density at radius 3 is 2.58 bits per heavy atom. The molecule has 0 unspecified atom stereocenters. The van der Waals surface area contributed by atoms with Gasteiger partial charge < -0.3 is 18.9 Å². The van der Waals surface area contributed by atoms with Crippen LogP contribution in [-0.4, -0.2) is 50.3 Å². The Kier molecular flexibility index (Phi) is 6.58. The molecule has 0 spiro atoms. The first-order chi connectivity index (χ1) is 9.13. The van der Waals surface area contributed by atoms with E-state index in [1.165, 1.54) is 6.92 Å². The van der Waals surface area contributed by atoms with Crippen LogP contribution in [0.4, 0.5) is 0 Å². The minimum Gasteiger partial charge on any atom is -0.459 e. The summed E-state index contributed by atoms with van der Waals surface area (Å²) in [6.07, 6.45) is -1.95. The molecule has 3 atom stereocenters. The second-order valence-corrected chi connectivity index (χ2v) is 3.92. The number of ether oxygens (including phenoxy) is 4. The van der Waals surface area contributed by atoms with Gasteiger partial charge in [0.05, 0.1) is 6.61 Å². The highest BCUT2D eigenvalue weighted by Gasteiger charge is 2.44. The SMILES string of the molecule is CCOC(OCC)[C@H]1OC[C@H](N=[N+]=[N-])[C@H]1OC(C)=O. The van der Waals surface area contributed by atoms with E-state index in [0.717, 1.165) is 0 Å². The molecule has 0 saturated carbocycles. The van der Waals surface area contributed by atoms with E-state index in [9.17, 15) is 4.79 Å². The van der Waals surface area contributed by atoms with Gasteiger partial charge in [0.25, 0.3) is 0 Å². The summed E-state index contributed by atoms with van der Waals surface area (Å²) in [5, 5.41) is 3.58. The molecule has 0 bridgehead atoms. The van der Waals surface area contributed by atoms with Crippen LogP contribution >= 0.6 is 0 Å². The Balaban J connectivity index is 2.83. The van der Waals surface area contributed by atoms with Crippen LogP contribution in [0.25, 0.3) is 10.4 Å². The van der Waals surface area contributed by atoms with Gasteiger partial charge in [0, 0.05) is 25.0 Å². The van der Waals surface area contributed by atoms with E-state index in [0.29, 0.717) is 13.2 Å².